The van der Waals surface area contributed by atoms with E-state index in [-0.39, 0.29) is 27.9 Å². The highest BCUT2D eigenvalue weighted by atomic mass is 35.5. The number of nitrogens with one attached hydrogen (secondary N) is 1. The lowest BCUT2D eigenvalue weighted by Gasteiger charge is -2.33. The van der Waals surface area contributed by atoms with Gasteiger partial charge in [0.15, 0.2) is 0 Å². The predicted octanol–water partition coefficient (Wildman–Crippen LogP) is 7.25. The molecular formula is C32H27Cl3F3N3O4S. The summed E-state index contributed by atoms with van der Waals surface area (Å²) in [7, 11) is -3.23. The SMILES string of the molecule is CNC(=O)[C@H](Cc1ccccc1)N(Cc1ccc(Cl)c(Cl)c1)C(=O)CN(c1ccc(Cl)c(C(F)(F)F)c1)S(=O)(=O)c1ccccc1. The highest BCUT2D eigenvalue weighted by Gasteiger charge is 2.37. The van der Waals surface area contributed by atoms with Crippen LogP contribution in [0.2, 0.25) is 15.1 Å². The molecule has 2 amide bonds. The molecular weight excluding hydrogens is 686 g/mol. The van der Waals surface area contributed by atoms with E-state index in [4.69, 9.17) is 34.8 Å². The zero-order chi connectivity index (χ0) is 33.6. The first-order chi connectivity index (χ1) is 21.7. The fourth-order valence-corrected chi connectivity index (χ4v) is 6.66. The Hall–Kier alpha value is -3.77. The summed E-state index contributed by atoms with van der Waals surface area (Å²) in [5.74, 6) is -1.43. The smallest absolute Gasteiger partial charge is 0.357 e. The van der Waals surface area contributed by atoms with Crippen LogP contribution in [0.4, 0.5) is 18.9 Å². The number of amides is 2. The molecule has 1 N–H and O–H groups in total. The lowest BCUT2D eigenvalue weighted by Crippen LogP contribution is -2.53. The fraction of sp³-hybridized carbons (Fsp3) is 0.188. The first-order valence-corrected chi connectivity index (χ1v) is 16.2. The van der Waals surface area contributed by atoms with Gasteiger partial charge in [-0.05, 0) is 53.6 Å². The second-order valence-corrected chi connectivity index (χ2v) is 13.2. The highest BCUT2D eigenvalue weighted by molar-refractivity contribution is 7.92. The lowest BCUT2D eigenvalue weighted by molar-refractivity contribution is -0.139. The van der Waals surface area contributed by atoms with E-state index in [1.54, 1.807) is 42.5 Å². The van der Waals surface area contributed by atoms with E-state index in [0.29, 0.717) is 21.5 Å². The number of carbonyl (C=O) groups is 2. The standard InChI is InChI=1S/C32H27Cl3F3N3O4S/c1-39-31(43)29(17-21-8-4-2-5-9-21)40(19-22-12-14-27(34)28(35)16-22)30(42)20-41(46(44,45)24-10-6-3-7-11-24)23-13-15-26(33)25(18-23)32(36,37)38/h2-16,18,29H,17,19-20H2,1H3,(H,39,43)/t29-/m0/s1. The Balaban J connectivity index is 1.85. The van der Waals surface area contributed by atoms with Crippen LogP contribution in [0.25, 0.3) is 0 Å². The first kappa shape index (κ1) is 35.1. The van der Waals surface area contributed by atoms with E-state index in [2.05, 4.69) is 5.32 Å². The number of anilines is 1. The summed E-state index contributed by atoms with van der Waals surface area (Å²) >= 11 is 18.1. The molecule has 0 spiro atoms. The zero-order valence-electron chi connectivity index (χ0n) is 24.1. The number of hydrogen-bond donors (Lipinski definition) is 1. The molecule has 14 heteroatoms. The number of likely N-dealkylation sites (N-methyl/N-ethyl adjacent to an activating group) is 1. The topological polar surface area (TPSA) is 86.8 Å². The van der Waals surface area contributed by atoms with Crippen LogP contribution in [-0.2, 0) is 38.8 Å². The molecule has 0 radical (unpaired) electrons. The van der Waals surface area contributed by atoms with E-state index in [1.807, 2.05) is 0 Å². The zero-order valence-corrected chi connectivity index (χ0v) is 27.2. The Labute approximate surface area is 279 Å². The molecule has 0 saturated heterocycles. The number of alkyl halides is 3. The minimum atomic E-state index is -4.92. The Morgan fingerprint density at radius 1 is 0.804 bits per heavy atom. The third-order valence-electron chi connectivity index (χ3n) is 7.01. The summed E-state index contributed by atoms with van der Waals surface area (Å²) in [5.41, 5.74) is -0.576. The van der Waals surface area contributed by atoms with Gasteiger partial charge >= 0.3 is 6.18 Å². The maximum absolute atomic E-state index is 14.3. The molecule has 0 heterocycles. The average molecular weight is 713 g/mol. The minimum Gasteiger partial charge on any atom is -0.357 e. The summed E-state index contributed by atoms with van der Waals surface area (Å²) in [5, 5.41) is 2.33. The number of sulfonamides is 1. The Morgan fingerprint density at radius 2 is 1.41 bits per heavy atom. The van der Waals surface area contributed by atoms with Crippen molar-refractivity contribution in [3.05, 3.63) is 129 Å². The number of rotatable bonds is 11. The van der Waals surface area contributed by atoms with Gasteiger partial charge in [-0.25, -0.2) is 8.42 Å². The molecule has 46 heavy (non-hydrogen) atoms. The van der Waals surface area contributed by atoms with E-state index in [1.165, 1.54) is 48.3 Å². The van der Waals surface area contributed by atoms with Crippen LogP contribution >= 0.6 is 34.8 Å². The Morgan fingerprint density at radius 3 is 2.00 bits per heavy atom. The predicted molar refractivity (Wildman–Crippen MR) is 172 cm³/mol. The van der Waals surface area contributed by atoms with Gasteiger partial charge in [0.25, 0.3) is 10.0 Å². The molecule has 7 nitrogen and oxygen atoms in total. The molecule has 0 bridgehead atoms. The monoisotopic (exact) mass is 711 g/mol. The normalized spacial score (nSPS) is 12.3. The van der Waals surface area contributed by atoms with Crippen molar-refractivity contribution in [2.24, 2.45) is 0 Å². The molecule has 0 aliphatic heterocycles. The van der Waals surface area contributed by atoms with E-state index in [0.717, 1.165) is 12.1 Å². The maximum atomic E-state index is 14.3. The van der Waals surface area contributed by atoms with Crippen molar-refractivity contribution in [1.82, 2.24) is 10.2 Å². The lowest BCUT2D eigenvalue weighted by atomic mass is 10.0. The first-order valence-electron chi connectivity index (χ1n) is 13.7. The van der Waals surface area contributed by atoms with Gasteiger partial charge in [0.1, 0.15) is 12.6 Å². The molecule has 1 atom stereocenters. The van der Waals surface area contributed by atoms with Gasteiger partial charge in [0.05, 0.1) is 31.2 Å². The number of halogens is 6. The maximum Gasteiger partial charge on any atom is 0.417 e. The number of nitrogens with zero attached hydrogens (tertiary/aromatic N) is 2. The third-order valence-corrected chi connectivity index (χ3v) is 9.86. The van der Waals surface area contributed by atoms with Crippen LogP contribution in [0.3, 0.4) is 0 Å². The van der Waals surface area contributed by atoms with Gasteiger partial charge < -0.3 is 10.2 Å². The van der Waals surface area contributed by atoms with E-state index < -0.39 is 56.9 Å². The molecule has 4 aromatic carbocycles. The van der Waals surface area contributed by atoms with Crippen molar-refractivity contribution >= 4 is 62.3 Å². The van der Waals surface area contributed by atoms with Crippen LogP contribution in [0, 0.1) is 0 Å². The molecule has 4 rings (SSSR count). The third kappa shape index (κ3) is 8.33. The van der Waals surface area contributed by atoms with Crippen LogP contribution in [0.5, 0.6) is 0 Å². The summed E-state index contributed by atoms with van der Waals surface area (Å²) in [6.07, 6.45) is -4.88. The van der Waals surface area contributed by atoms with Crippen molar-refractivity contribution in [2.75, 3.05) is 17.9 Å². The minimum absolute atomic E-state index is 0.0399. The second-order valence-electron chi connectivity index (χ2n) is 10.1. The van der Waals surface area contributed by atoms with Crippen molar-refractivity contribution < 1.29 is 31.2 Å². The number of benzene rings is 4. The Kier molecular flexibility index (Phi) is 11.3. The summed E-state index contributed by atoms with van der Waals surface area (Å²) < 4.78 is 70.0. The van der Waals surface area contributed by atoms with E-state index >= 15 is 0 Å². The number of hydrogen-bond acceptors (Lipinski definition) is 4. The van der Waals surface area contributed by atoms with E-state index in [9.17, 15) is 31.2 Å². The van der Waals surface area contributed by atoms with Crippen LogP contribution in [0.1, 0.15) is 16.7 Å². The Bertz CT molecular complexity index is 1810. The van der Waals surface area contributed by atoms with Gasteiger partial charge in [-0.1, -0.05) is 89.4 Å². The highest BCUT2D eigenvalue weighted by Crippen LogP contribution is 2.38. The average Bonchev–Trinajstić information content (AvgIpc) is 3.03. The fourth-order valence-electron chi connectivity index (χ4n) is 4.69. The molecule has 0 saturated carbocycles. The van der Waals surface area contributed by atoms with Crippen molar-refractivity contribution in [2.45, 2.75) is 30.1 Å². The molecule has 4 aromatic rings. The van der Waals surface area contributed by atoms with Crippen LogP contribution < -0.4 is 9.62 Å². The van der Waals surface area contributed by atoms with Crippen molar-refractivity contribution in [1.29, 1.82) is 0 Å². The van der Waals surface area contributed by atoms with Gasteiger partial charge in [0, 0.05) is 20.0 Å². The van der Waals surface area contributed by atoms with Gasteiger partial charge in [0.2, 0.25) is 11.8 Å². The summed E-state index contributed by atoms with van der Waals surface area (Å²) in [4.78, 5) is 28.5. The second kappa shape index (κ2) is 14.8. The molecule has 0 aromatic heterocycles. The largest absolute Gasteiger partial charge is 0.417 e. The molecule has 242 valence electrons. The summed E-state index contributed by atoms with van der Waals surface area (Å²) in [6.45, 7) is -1.17. The van der Waals surface area contributed by atoms with Crippen molar-refractivity contribution in [3.63, 3.8) is 0 Å². The molecule has 0 unspecified atom stereocenters. The van der Waals surface area contributed by atoms with Gasteiger partial charge in [-0.15, -0.1) is 0 Å². The number of carbonyl (C=O) groups excluding carboxylic acids is 2. The van der Waals surface area contributed by atoms with Crippen molar-refractivity contribution in [3.8, 4) is 0 Å². The molecule has 0 aliphatic rings. The summed E-state index contributed by atoms with van der Waals surface area (Å²) in [6, 6.07) is 21.8. The molecule has 0 fully saturated rings. The van der Waals surface area contributed by atoms with Gasteiger partial charge in [-0.2, -0.15) is 13.2 Å². The molecule has 0 aliphatic carbocycles. The van der Waals surface area contributed by atoms with Crippen LogP contribution in [0.15, 0.2) is 102 Å². The van der Waals surface area contributed by atoms with Crippen LogP contribution in [-0.4, -0.2) is 44.8 Å². The van der Waals surface area contributed by atoms with Gasteiger partial charge in [-0.3, -0.25) is 13.9 Å². The quantitative estimate of drug-likeness (QED) is 0.178.